The SMILES string of the molecule is COc1ccc(CCNC(=O)NC[C@@H](OC)c2cc3ccccc3o2)cc1. The molecule has 0 aliphatic rings. The molecule has 1 aromatic heterocycles. The van der Waals surface area contributed by atoms with Crippen molar-refractivity contribution in [3.8, 4) is 5.75 Å². The van der Waals surface area contributed by atoms with E-state index in [9.17, 15) is 4.79 Å². The van der Waals surface area contributed by atoms with Crippen molar-refractivity contribution >= 4 is 17.0 Å². The van der Waals surface area contributed by atoms with Gasteiger partial charge >= 0.3 is 6.03 Å². The Labute approximate surface area is 158 Å². The van der Waals surface area contributed by atoms with Gasteiger partial charge in [-0.05, 0) is 36.2 Å². The monoisotopic (exact) mass is 368 g/mol. The molecule has 0 saturated carbocycles. The number of furan rings is 1. The highest BCUT2D eigenvalue weighted by Crippen LogP contribution is 2.25. The third-order valence-electron chi connectivity index (χ3n) is 4.35. The molecule has 2 aromatic carbocycles. The van der Waals surface area contributed by atoms with Gasteiger partial charge in [-0.2, -0.15) is 0 Å². The van der Waals surface area contributed by atoms with Crippen molar-refractivity contribution in [2.24, 2.45) is 0 Å². The first kappa shape index (κ1) is 18.8. The minimum atomic E-state index is -0.343. The van der Waals surface area contributed by atoms with Gasteiger partial charge in [-0.1, -0.05) is 30.3 Å². The van der Waals surface area contributed by atoms with Gasteiger partial charge in [-0.25, -0.2) is 4.79 Å². The highest BCUT2D eigenvalue weighted by molar-refractivity contribution is 5.78. The van der Waals surface area contributed by atoms with Crippen LogP contribution >= 0.6 is 0 Å². The van der Waals surface area contributed by atoms with E-state index in [-0.39, 0.29) is 12.1 Å². The molecule has 0 unspecified atom stereocenters. The van der Waals surface area contributed by atoms with Crippen molar-refractivity contribution in [2.45, 2.75) is 12.5 Å². The van der Waals surface area contributed by atoms with Crippen LogP contribution in [0, 0.1) is 0 Å². The molecule has 0 bridgehead atoms. The van der Waals surface area contributed by atoms with Crippen LogP contribution in [0.2, 0.25) is 0 Å². The number of hydrogen-bond acceptors (Lipinski definition) is 4. The number of benzene rings is 2. The van der Waals surface area contributed by atoms with Crippen molar-refractivity contribution in [1.29, 1.82) is 0 Å². The molecule has 2 amide bonds. The predicted molar refractivity (Wildman–Crippen MR) is 104 cm³/mol. The summed E-state index contributed by atoms with van der Waals surface area (Å²) in [6.45, 7) is 0.866. The number of para-hydroxylation sites is 1. The first-order valence-corrected chi connectivity index (χ1v) is 8.85. The molecule has 2 N–H and O–H groups in total. The van der Waals surface area contributed by atoms with Gasteiger partial charge in [0.05, 0.1) is 13.7 Å². The fourth-order valence-electron chi connectivity index (χ4n) is 2.82. The number of hydrogen-bond donors (Lipinski definition) is 2. The van der Waals surface area contributed by atoms with Crippen molar-refractivity contribution in [2.75, 3.05) is 27.3 Å². The number of methoxy groups -OCH3 is 2. The minimum absolute atomic E-state index is 0.235. The molecule has 3 aromatic rings. The van der Waals surface area contributed by atoms with E-state index >= 15 is 0 Å². The number of ether oxygens (including phenoxy) is 2. The highest BCUT2D eigenvalue weighted by Gasteiger charge is 2.16. The molecule has 0 aliphatic heterocycles. The molecule has 3 rings (SSSR count). The Morgan fingerprint density at radius 2 is 1.85 bits per heavy atom. The average molecular weight is 368 g/mol. The van der Waals surface area contributed by atoms with Gasteiger partial charge in [0.15, 0.2) is 0 Å². The summed E-state index contributed by atoms with van der Waals surface area (Å²) in [4.78, 5) is 12.0. The van der Waals surface area contributed by atoms with E-state index in [4.69, 9.17) is 13.9 Å². The van der Waals surface area contributed by atoms with E-state index in [1.807, 2.05) is 54.6 Å². The maximum Gasteiger partial charge on any atom is 0.314 e. The van der Waals surface area contributed by atoms with Crippen molar-refractivity contribution in [3.05, 3.63) is 65.9 Å². The highest BCUT2D eigenvalue weighted by atomic mass is 16.5. The Morgan fingerprint density at radius 1 is 1.07 bits per heavy atom. The lowest BCUT2D eigenvalue weighted by molar-refractivity contribution is 0.0865. The lowest BCUT2D eigenvalue weighted by Gasteiger charge is -2.14. The van der Waals surface area contributed by atoms with Crippen LogP contribution in [0.5, 0.6) is 5.75 Å². The van der Waals surface area contributed by atoms with Crippen LogP contribution in [-0.4, -0.2) is 33.3 Å². The van der Waals surface area contributed by atoms with Crippen LogP contribution < -0.4 is 15.4 Å². The fourth-order valence-corrected chi connectivity index (χ4v) is 2.82. The summed E-state index contributed by atoms with van der Waals surface area (Å²) in [6, 6.07) is 17.3. The molecule has 142 valence electrons. The average Bonchev–Trinajstić information content (AvgIpc) is 3.13. The summed E-state index contributed by atoms with van der Waals surface area (Å²) in [7, 11) is 3.24. The zero-order valence-corrected chi connectivity index (χ0v) is 15.5. The summed E-state index contributed by atoms with van der Waals surface area (Å²) < 4.78 is 16.4. The number of carbonyl (C=O) groups is 1. The lowest BCUT2D eigenvalue weighted by atomic mass is 10.1. The van der Waals surface area contributed by atoms with E-state index in [1.165, 1.54) is 0 Å². The quantitative estimate of drug-likeness (QED) is 0.636. The molecule has 27 heavy (non-hydrogen) atoms. The van der Waals surface area contributed by atoms with E-state index in [0.717, 1.165) is 28.7 Å². The van der Waals surface area contributed by atoms with E-state index in [1.54, 1.807) is 14.2 Å². The number of amides is 2. The number of rotatable bonds is 8. The van der Waals surface area contributed by atoms with Crippen LogP contribution in [0.4, 0.5) is 4.79 Å². The van der Waals surface area contributed by atoms with E-state index in [2.05, 4.69) is 10.6 Å². The standard InChI is InChI=1S/C21H24N2O4/c1-25-17-9-7-15(8-10-17)11-12-22-21(24)23-14-20(26-2)19-13-16-5-3-4-6-18(16)27-19/h3-10,13,20H,11-12,14H2,1-2H3,(H2,22,23,24)/t20-/m1/s1. The summed E-state index contributed by atoms with van der Waals surface area (Å²) in [5.74, 6) is 1.51. The van der Waals surface area contributed by atoms with Crippen molar-refractivity contribution < 1.29 is 18.7 Å². The first-order chi connectivity index (χ1) is 13.2. The van der Waals surface area contributed by atoms with Crippen molar-refractivity contribution in [1.82, 2.24) is 10.6 Å². The second kappa shape index (κ2) is 9.09. The molecule has 0 radical (unpaired) electrons. The minimum Gasteiger partial charge on any atom is -0.497 e. The summed E-state index contributed by atoms with van der Waals surface area (Å²) in [5, 5.41) is 6.69. The summed E-state index contributed by atoms with van der Waals surface area (Å²) in [5.41, 5.74) is 1.94. The summed E-state index contributed by atoms with van der Waals surface area (Å²) in [6.07, 6.45) is 0.402. The van der Waals surface area contributed by atoms with Gasteiger partial charge in [0.25, 0.3) is 0 Å². The van der Waals surface area contributed by atoms with Crippen LogP contribution in [0.25, 0.3) is 11.0 Å². The van der Waals surface area contributed by atoms with Crippen molar-refractivity contribution in [3.63, 3.8) is 0 Å². The smallest absolute Gasteiger partial charge is 0.314 e. The van der Waals surface area contributed by atoms with Crippen LogP contribution in [0.15, 0.2) is 59.0 Å². The Kier molecular flexibility index (Phi) is 6.33. The lowest BCUT2D eigenvalue weighted by Crippen LogP contribution is -2.38. The predicted octanol–water partition coefficient (Wildman–Crippen LogP) is 3.67. The van der Waals surface area contributed by atoms with Gasteiger partial charge in [0, 0.05) is 19.0 Å². The largest absolute Gasteiger partial charge is 0.497 e. The van der Waals surface area contributed by atoms with Gasteiger partial charge in [0.2, 0.25) is 0 Å². The molecule has 6 nitrogen and oxygen atoms in total. The topological polar surface area (TPSA) is 72.7 Å². The zero-order valence-electron chi connectivity index (χ0n) is 15.5. The molecular weight excluding hydrogens is 344 g/mol. The molecule has 1 heterocycles. The Balaban J connectivity index is 1.45. The molecular formula is C21H24N2O4. The third-order valence-corrected chi connectivity index (χ3v) is 4.35. The second-order valence-electron chi connectivity index (χ2n) is 6.15. The fraction of sp³-hybridized carbons (Fsp3) is 0.286. The summed E-state index contributed by atoms with van der Waals surface area (Å²) >= 11 is 0. The zero-order chi connectivity index (χ0) is 19.1. The Hall–Kier alpha value is -2.99. The molecule has 0 fully saturated rings. The van der Waals surface area contributed by atoms with Crippen LogP contribution in [-0.2, 0) is 11.2 Å². The number of carbonyl (C=O) groups excluding carboxylic acids is 1. The molecule has 0 aliphatic carbocycles. The number of urea groups is 1. The van der Waals surface area contributed by atoms with Gasteiger partial charge in [0.1, 0.15) is 23.2 Å². The normalized spacial score (nSPS) is 11.9. The van der Waals surface area contributed by atoms with Gasteiger partial charge < -0.3 is 24.5 Å². The maximum atomic E-state index is 12.0. The molecule has 0 spiro atoms. The third kappa shape index (κ3) is 5.01. The maximum absolute atomic E-state index is 12.0. The molecule has 6 heteroatoms. The molecule has 0 saturated heterocycles. The molecule has 1 atom stereocenters. The Bertz CT molecular complexity index is 840. The second-order valence-corrected chi connectivity index (χ2v) is 6.15. The van der Waals surface area contributed by atoms with Crippen LogP contribution in [0.3, 0.4) is 0 Å². The number of nitrogens with one attached hydrogen (secondary N) is 2. The van der Waals surface area contributed by atoms with E-state index in [0.29, 0.717) is 18.8 Å². The van der Waals surface area contributed by atoms with Gasteiger partial charge in [-0.3, -0.25) is 0 Å². The van der Waals surface area contributed by atoms with E-state index < -0.39 is 0 Å². The van der Waals surface area contributed by atoms with Gasteiger partial charge in [-0.15, -0.1) is 0 Å². The first-order valence-electron chi connectivity index (χ1n) is 8.85. The van der Waals surface area contributed by atoms with Crippen LogP contribution in [0.1, 0.15) is 17.4 Å². The number of fused-ring (bicyclic) bond motifs is 1. The Morgan fingerprint density at radius 3 is 2.56 bits per heavy atom.